The first-order valence-corrected chi connectivity index (χ1v) is 20.2. The molecule has 5 rings (SSSR count). The zero-order valence-corrected chi connectivity index (χ0v) is 32.7. The molecular weight excluding hydrogens is 776 g/mol. The van der Waals surface area contributed by atoms with E-state index in [9.17, 15) is 9.00 Å². The summed E-state index contributed by atoms with van der Waals surface area (Å²) >= 11 is 0. The summed E-state index contributed by atoms with van der Waals surface area (Å²) in [6.45, 7) is 13.2. The van der Waals surface area contributed by atoms with Crippen molar-refractivity contribution in [3.63, 3.8) is 0 Å². The SMILES string of the molecule is CC(C)CCC[C@@H](C)[C@H]1CCC2C3CC=C4C[C@@H](OCCCS(=[OH+])CC(=O)O)CC[C@]4(C)C3CC[C@@]21C.[NH-]C1CCCCC1[NH-].[Pt]. The topological polar surface area (TPSA) is 116 Å². The summed E-state index contributed by atoms with van der Waals surface area (Å²) in [5, 5.41) is 8.82. The average Bonchev–Trinajstić information content (AvgIpc) is 3.34. The van der Waals surface area contributed by atoms with E-state index in [1.807, 2.05) is 0 Å². The van der Waals surface area contributed by atoms with Crippen molar-refractivity contribution in [3.8, 4) is 0 Å². The van der Waals surface area contributed by atoms with Gasteiger partial charge in [-0.15, -0.1) is 0 Å². The van der Waals surface area contributed by atoms with E-state index >= 15 is 0 Å². The molecule has 46 heavy (non-hydrogen) atoms. The van der Waals surface area contributed by atoms with Crippen molar-refractivity contribution in [1.29, 1.82) is 0 Å². The summed E-state index contributed by atoms with van der Waals surface area (Å²) in [6.07, 6.45) is 22.6. The molecular formula is C38H67N2O4PtS-. The van der Waals surface area contributed by atoms with Crippen LogP contribution in [-0.2, 0) is 41.4 Å². The van der Waals surface area contributed by atoms with E-state index in [-0.39, 0.29) is 45.0 Å². The van der Waals surface area contributed by atoms with Crippen molar-refractivity contribution in [1.82, 2.24) is 0 Å². The van der Waals surface area contributed by atoms with E-state index < -0.39 is 16.8 Å². The number of allylic oxidation sites excluding steroid dienone is 1. The summed E-state index contributed by atoms with van der Waals surface area (Å²) in [4.78, 5) is 10.7. The Labute approximate surface area is 298 Å². The van der Waals surface area contributed by atoms with Crippen LogP contribution in [0.15, 0.2) is 11.6 Å². The second kappa shape index (κ2) is 18.2. The molecule has 11 atom stereocenters. The smallest absolute Gasteiger partial charge is 0.321 e. The van der Waals surface area contributed by atoms with E-state index in [0.29, 0.717) is 23.2 Å². The normalized spacial score (nSPS) is 38.2. The molecule has 0 bridgehead atoms. The van der Waals surface area contributed by atoms with Crippen molar-refractivity contribution >= 4 is 16.8 Å². The van der Waals surface area contributed by atoms with Crippen molar-refractivity contribution in [3.05, 3.63) is 23.1 Å². The van der Waals surface area contributed by atoms with Crippen LogP contribution >= 0.6 is 0 Å². The quantitative estimate of drug-likeness (QED) is 0.120. The maximum Gasteiger partial charge on any atom is 0.321 e. The maximum absolute atomic E-state index is 10.7. The second-order valence-electron chi connectivity index (χ2n) is 16.6. The number of nitrogens with one attached hydrogen (secondary N) is 2. The van der Waals surface area contributed by atoms with E-state index in [1.54, 1.807) is 5.57 Å². The van der Waals surface area contributed by atoms with Crippen molar-refractivity contribution < 1.29 is 39.9 Å². The van der Waals surface area contributed by atoms with Gasteiger partial charge in [-0.1, -0.05) is 91.2 Å². The maximum atomic E-state index is 10.7. The third kappa shape index (κ3) is 10.0. The fourth-order valence-electron chi connectivity index (χ4n) is 10.6. The molecule has 0 spiro atoms. The molecule has 4 saturated carbocycles. The molecule has 0 amide bonds. The van der Waals surface area contributed by atoms with Gasteiger partial charge in [-0.25, -0.2) is 0 Å². The molecule has 4 fully saturated rings. The van der Waals surface area contributed by atoms with Crippen LogP contribution in [0.3, 0.4) is 0 Å². The Balaban J connectivity index is 0.000000559. The van der Waals surface area contributed by atoms with Crippen LogP contribution in [0, 0.1) is 46.3 Å². The van der Waals surface area contributed by atoms with Crippen LogP contribution in [0.5, 0.6) is 0 Å². The van der Waals surface area contributed by atoms with Crippen LogP contribution in [0.25, 0.3) is 11.5 Å². The fourth-order valence-corrected chi connectivity index (χ4v) is 11.5. The van der Waals surface area contributed by atoms with Crippen molar-refractivity contribution in [2.24, 2.45) is 46.3 Å². The number of hydrogen-bond donors (Lipinski definition) is 1. The number of carboxylic acid groups (broad SMARTS) is 1. The number of hydrogen-bond acceptors (Lipinski definition) is 2. The van der Waals surface area contributed by atoms with Crippen molar-refractivity contribution in [2.75, 3.05) is 18.1 Å². The number of aliphatic carboxylic acids is 1. The van der Waals surface area contributed by atoms with Gasteiger partial charge in [0.05, 0.1) is 11.9 Å². The molecule has 0 heterocycles. The summed E-state index contributed by atoms with van der Waals surface area (Å²) in [5.41, 5.74) is 17.1. The van der Waals surface area contributed by atoms with Crippen molar-refractivity contribution in [2.45, 2.75) is 156 Å². The largest absolute Gasteiger partial charge is 0.676 e. The van der Waals surface area contributed by atoms with Crippen LogP contribution in [0.4, 0.5) is 0 Å². The molecule has 0 aromatic heterocycles. The number of carboxylic acids is 1. The predicted octanol–water partition coefficient (Wildman–Crippen LogP) is 10.2. The van der Waals surface area contributed by atoms with Gasteiger partial charge in [-0.2, -0.15) is 12.1 Å². The molecule has 270 valence electrons. The van der Waals surface area contributed by atoms with E-state index in [4.69, 9.17) is 21.3 Å². The van der Waals surface area contributed by atoms with Gasteiger partial charge in [0, 0.05) is 27.7 Å². The molecule has 0 aromatic carbocycles. The van der Waals surface area contributed by atoms with Crippen LogP contribution < -0.4 is 0 Å². The van der Waals surface area contributed by atoms with Gasteiger partial charge in [0.25, 0.3) is 0 Å². The number of ether oxygens (including phenoxy) is 1. The Morgan fingerprint density at radius 3 is 2.33 bits per heavy atom. The van der Waals surface area contributed by atoms with Gasteiger partial charge >= 0.3 is 5.97 Å². The van der Waals surface area contributed by atoms with Gasteiger partial charge in [-0.05, 0) is 104 Å². The third-order valence-corrected chi connectivity index (χ3v) is 14.5. The standard InChI is InChI=1S/C32H54O4S.C6H12N2.Pt/c1-22(2)8-6-9-23(3)27-12-13-28-26-11-10-24-20-25(36-18-7-19-37(35)21-30(33)34)14-16-31(24,4)29(26)15-17-32(27,28)5;7-5-3-1-2-4-6(5)8;/h10,22-23,25-29H,6-9,11-21H2,1-5H3,(H,33,34);5-8H,1-4H2;/q;-2;/p+1/t23-,25+,26?,27-,28?,29?,31+,32-,37?;;/m1../s1. The molecule has 4 N–H and O–H groups in total. The first kappa shape index (κ1) is 40.4. The van der Waals surface area contributed by atoms with E-state index in [0.717, 1.165) is 67.6 Å². The van der Waals surface area contributed by atoms with Gasteiger partial charge < -0.3 is 21.3 Å². The molecule has 0 saturated heterocycles. The van der Waals surface area contributed by atoms with E-state index in [2.05, 4.69) is 40.7 Å². The van der Waals surface area contributed by atoms with Gasteiger partial charge in [0.1, 0.15) is 0 Å². The number of rotatable bonds is 12. The van der Waals surface area contributed by atoms with Crippen LogP contribution in [-0.4, -0.2) is 51.6 Å². The minimum Gasteiger partial charge on any atom is -0.676 e. The van der Waals surface area contributed by atoms with Crippen LogP contribution in [0.2, 0.25) is 0 Å². The number of fused-ring (bicyclic) bond motifs is 5. The third-order valence-electron chi connectivity index (χ3n) is 13.2. The second-order valence-corrected chi connectivity index (χ2v) is 18.2. The number of carbonyl (C=O) groups is 1. The Hall–Kier alpha value is -0.0717. The zero-order valence-electron chi connectivity index (χ0n) is 29.6. The van der Waals surface area contributed by atoms with Gasteiger partial charge in [0.15, 0.2) is 16.6 Å². The predicted molar refractivity (Wildman–Crippen MR) is 189 cm³/mol. The molecule has 0 aliphatic heterocycles. The minimum absolute atomic E-state index is 0. The summed E-state index contributed by atoms with van der Waals surface area (Å²) in [6, 6.07) is -0.160. The zero-order chi connectivity index (χ0) is 32.8. The minimum atomic E-state index is -1.03. The molecule has 5 aliphatic rings. The molecule has 8 heteroatoms. The molecule has 0 aromatic rings. The summed E-state index contributed by atoms with van der Waals surface area (Å²) < 4.78 is 16.1. The van der Waals surface area contributed by atoms with Gasteiger partial charge in [0.2, 0.25) is 0 Å². The Bertz CT molecular complexity index is 1010. The molecule has 5 aliphatic carbocycles. The fraction of sp³-hybridized carbons (Fsp3) is 0.921. The van der Waals surface area contributed by atoms with E-state index in [1.165, 1.54) is 70.6 Å². The summed E-state index contributed by atoms with van der Waals surface area (Å²) in [7, 11) is -1.03. The average molecular weight is 843 g/mol. The molecule has 6 nitrogen and oxygen atoms in total. The Morgan fingerprint density at radius 2 is 1.70 bits per heavy atom. The first-order valence-electron chi connectivity index (χ1n) is 18.7. The Kier molecular flexibility index (Phi) is 16.0. The first-order chi connectivity index (χ1) is 21.3. The monoisotopic (exact) mass is 842 g/mol. The molecule has 6 unspecified atom stereocenters. The van der Waals surface area contributed by atoms with Crippen LogP contribution in [0.1, 0.15) is 137 Å². The molecule has 0 radical (unpaired) electrons. The Morgan fingerprint density at radius 1 is 1.00 bits per heavy atom. The summed E-state index contributed by atoms with van der Waals surface area (Å²) in [5.74, 6) is 4.70. The van der Waals surface area contributed by atoms with Gasteiger partial charge in [-0.3, -0.25) is 9.00 Å².